The van der Waals surface area contributed by atoms with Crippen LogP contribution in [-0.2, 0) is 6.42 Å². The van der Waals surface area contributed by atoms with E-state index in [1.165, 1.54) is 49.7 Å². The van der Waals surface area contributed by atoms with Crippen molar-refractivity contribution in [3.05, 3.63) is 41.1 Å². The average Bonchev–Trinajstić information content (AvgIpc) is 2.88. The Labute approximate surface area is 126 Å². The molecule has 3 aliphatic heterocycles. The summed E-state index contributed by atoms with van der Waals surface area (Å²) >= 11 is 0. The van der Waals surface area contributed by atoms with Gasteiger partial charge in [-0.05, 0) is 49.4 Å². The Kier molecular flexibility index (Phi) is 2.43. The zero-order chi connectivity index (χ0) is 14.0. The monoisotopic (exact) mass is 278 g/mol. The van der Waals surface area contributed by atoms with E-state index in [2.05, 4.69) is 46.9 Å². The molecule has 21 heavy (non-hydrogen) atoms. The number of aromatic nitrogens is 1. The lowest BCUT2D eigenvalue weighted by Crippen LogP contribution is -2.45. The number of hydrogen-bond acceptors (Lipinski definition) is 1. The summed E-state index contributed by atoms with van der Waals surface area (Å²) in [5, 5.41) is 1.49. The lowest BCUT2D eigenvalue weighted by atomic mass is 9.76. The van der Waals surface area contributed by atoms with Gasteiger partial charge in [0.2, 0.25) is 0 Å². The van der Waals surface area contributed by atoms with Crippen molar-refractivity contribution in [2.24, 2.45) is 5.92 Å². The molecule has 2 atom stereocenters. The van der Waals surface area contributed by atoms with E-state index in [1.807, 2.05) is 0 Å². The van der Waals surface area contributed by atoms with Gasteiger partial charge in [-0.2, -0.15) is 0 Å². The van der Waals surface area contributed by atoms with E-state index >= 15 is 0 Å². The van der Waals surface area contributed by atoms with Crippen LogP contribution >= 0.6 is 0 Å². The molecule has 5 rings (SSSR count). The first-order valence-corrected chi connectivity index (χ1v) is 8.45. The van der Waals surface area contributed by atoms with E-state index in [-0.39, 0.29) is 0 Å². The van der Waals surface area contributed by atoms with Gasteiger partial charge in [-0.1, -0.05) is 25.1 Å². The summed E-state index contributed by atoms with van der Waals surface area (Å²) in [6, 6.07) is 9.64. The van der Waals surface area contributed by atoms with Crippen molar-refractivity contribution in [1.82, 2.24) is 9.47 Å². The Morgan fingerprint density at radius 3 is 3.00 bits per heavy atom. The molecule has 2 nitrogen and oxygen atoms in total. The Bertz CT molecular complexity index is 752. The molecule has 4 heterocycles. The van der Waals surface area contributed by atoms with E-state index in [0.717, 1.165) is 5.92 Å². The Hall–Kier alpha value is -1.54. The zero-order valence-electron chi connectivity index (χ0n) is 12.7. The van der Waals surface area contributed by atoms with Gasteiger partial charge in [-0.15, -0.1) is 0 Å². The molecule has 2 heteroatoms. The van der Waals surface area contributed by atoms with Crippen LogP contribution in [0.1, 0.15) is 43.5 Å². The topological polar surface area (TPSA) is 8.17 Å². The molecule has 0 saturated carbocycles. The standard InChI is InChI=1S/C19H22N2/c1-2-13-12-21-17-8-4-3-6-15(17)16-9-11-20-10-5-7-14(13)18(20)19(16)21/h3-4,6,8,12,14,18H,2,5,7,9-11H2,1H3. The predicted molar refractivity (Wildman–Crippen MR) is 87.2 cm³/mol. The number of nitrogens with zero attached hydrogens (tertiary/aromatic N) is 2. The molecule has 0 aliphatic carbocycles. The van der Waals surface area contributed by atoms with Crippen LogP contribution in [0.5, 0.6) is 0 Å². The second kappa shape index (κ2) is 4.23. The number of fused-ring (bicyclic) bond motifs is 3. The lowest BCUT2D eigenvalue weighted by molar-refractivity contribution is 0.0916. The van der Waals surface area contributed by atoms with E-state index in [4.69, 9.17) is 0 Å². The van der Waals surface area contributed by atoms with Gasteiger partial charge in [-0.3, -0.25) is 4.90 Å². The summed E-state index contributed by atoms with van der Waals surface area (Å²) in [6.07, 6.45) is 7.63. The number of piperidine rings is 1. The van der Waals surface area contributed by atoms with Crippen LogP contribution in [0.15, 0.2) is 29.8 Å². The first kappa shape index (κ1) is 12.0. The van der Waals surface area contributed by atoms with Crippen LogP contribution in [0.25, 0.3) is 17.1 Å². The first-order valence-electron chi connectivity index (χ1n) is 8.45. The third-order valence-electron chi connectivity index (χ3n) is 5.90. The highest BCUT2D eigenvalue weighted by Crippen LogP contribution is 2.50. The van der Waals surface area contributed by atoms with Crippen LogP contribution in [0.4, 0.5) is 0 Å². The summed E-state index contributed by atoms with van der Waals surface area (Å²) in [5.74, 6) is 0.764. The number of hydrogen-bond donors (Lipinski definition) is 0. The Morgan fingerprint density at radius 1 is 1.19 bits per heavy atom. The van der Waals surface area contributed by atoms with Crippen LogP contribution in [0.2, 0.25) is 0 Å². The minimum absolute atomic E-state index is 0.648. The highest BCUT2D eigenvalue weighted by molar-refractivity contribution is 5.88. The van der Waals surface area contributed by atoms with Gasteiger partial charge in [0.25, 0.3) is 0 Å². The molecule has 2 aromatic rings. The molecule has 2 unspecified atom stereocenters. The van der Waals surface area contributed by atoms with Crippen molar-refractivity contribution < 1.29 is 0 Å². The molecule has 0 bridgehead atoms. The minimum Gasteiger partial charge on any atom is -0.318 e. The maximum Gasteiger partial charge on any atom is 0.0573 e. The van der Waals surface area contributed by atoms with Crippen molar-refractivity contribution in [2.75, 3.05) is 13.1 Å². The third-order valence-corrected chi connectivity index (χ3v) is 5.90. The summed E-state index contributed by atoms with van der Waals surface area (Å²) in [4.78, 5) is 2.76. The van der Waals surface area contributed by atoms with E-state index in [0.29, 0.717) is 6.04 Å². The fourth-order valence-corrected chi connectivity index (χ4v) is 5.01. The summed E-state index contributed by atoms with van der Waals surface area (Å²) in [7, 11) is 0. The molecule has 108 valence electrons. The van der Waals surface area contributed by atoms with Crippen molar-refractivity contribution in [3.8, 4) is 0 Å². The van der Waals surface area contributed by atoms with Crippen molar-refractivity contribution in [3.63, 3.8) is 0 Å². The highest BCUT2D eigenvalue weighted by Gasteiger charge is 2.42. The molecular formula is C19H22N2. The van der Waals surface area contributed by atoms with E-state index in [9.17, 15) is 0 Å². The summed E-state index contributed by atoms with van der Waals surface area (Å²) in [5.41, 5.74) is 6.32. The molecule has 3 aliphatic rings. The molecule has 1 aromatic heterocycles. The fraction of sp³-hybridized carbons (Fsp3) is 0.474. The zero-order valence-corrected chi connectivity index (χ0v) is 12.7. The Morgan fingerprint density at radius 2 is 2.10 bits per heavy atom. The first-order chi connectivity index (χ1) is 10.4. The van der Waals surface area contributed by atoms with Gasteiger partial charge >= 0.3 is 0 Å². The van der Waals surface area contributed by atoms with Gasteiger partial charge < -0.3 is 4.57 Å². The smallest absolute Gasteiger partial charge is 0.0573 e. The van der Waals surface area contributed by atoms with Crippen molar-refractivity contribution >= 4 is 17.1 Å². The molecule has 0 spiro atoms. The van der Waals surface area contributed by atoms with Crippen molar-refractivity contribution in [2.45, 2.75) is 38.6 Å². The predicted octanol–water partition coefficient (Wildman–Crippen LogP) is 4.22. The largest absolute Gasteiger partial charge is 0.318 e. The van der Waals surface area contributed by atoms with Gasteiger partial charge in [-0.25, -0.2) is 0 Å². The SMILES string of the molecule is CCC1=Cn2c3c(c4ccccc42)CCN2CCCC1C32. The molecule has 0 N–H and O–H groups in total. The summed E-state index contributed by atoms with van der Waals surface area (Å²) in [6.45, 7) is 4.86. The third kappa shape index (κ3) is 1.46. The fourth-order valence-electron chi connectivity index (χ4n) is 5.01. The molecule has 1 fully saturated rings. The van der Waals surface area contributed by atoms with Gasteiger partial charge in [0, 0.05) is 29.7 Å². The normalized spacial score (nSPS) is 27.6. The Balaban J connectivity index is 1.86. The number of rotatable bonds is 1. The molecule has 0 radical (unpaired) electrons. The van der Waals surface area contributed by atoms with Crippen LogP contribution in [0.3, 0.4) is 0 Å². The van der Waals surface area contributed by atoms with Gasteiger partial charge in [0.05, 0.1) is 11.6 Å². The van der Waals surface area contributed by atoms with Gasteiger partial charge in [0.1, 0.15) is 0 Å². The van der Waals surface area contributed by atoms with E-state index in [1.54, 1.807) is 16.8 Å². The second-order valence-electron chi connectivity index (χ2n) is 6.79. The average molecular weight is 278 g/mol. The van der Waals surface area contributed by atoms with Crippen LogP contribution < -0.4 is 0 Å². The van der Waals surface area contributed by atoms with E-state index < -0.39 is 0 Å². The molecule has 1 saturated heterocycles. The minimum atomic E-state index is 0.648. The molecule has 1 aromatic carbocycles. The van der Waals surface area contributed by atoms with Gasteiger partial charge in [0.15, 0.2) is 0 Å². The molecule has 0 amide bonds. The van der Waals surface area contributed by atoms with Crippen LogP contribution in [-0.4, -0.2) is 22.6 Å². The number of para-hydroxylation sites is 1. The lowest BCUT2D eigenvalue weighted by Gasteiger charge is -2.47. The van der Waals surface area contributed by atoms with Crippen LogP contribution in [0, 0.1) is 5.92 Å². The quantitative estimate of drug-likeness (QED) is 0.758. The summed E-state index contributed by atoms with van der Waals surface area (Å²) < 4.78 is 2.53. The maximum absolute atomic E-state index is 2.76. The maximum atomic E-state index is 2.76. The highest BCUT2D eigenvalue weighted by atomic mass is 15.2. The second-order valence-corrected chi connectivity index (χ2v) is 6.79. The molecular weight excluding hydrogens is 256 g/mol. The van der Waals surface area contributed by atoms with Crippen molar-refractivity contribution in [1.29, 1.82) is 0 Å². The number of benzene rings is 1.